The van der Waals surface area contributed by atoms with Crippen molar-refractivity contribution in [2.45, 2.75) is 0 Å². The first-order chi connectivity index (χ1) is 4.43. The number of hydrogen-bond donors (Lipinski definition) is 0. The van der Waals surface area contributed by atoms with E-state index in [1.165, 1.54) is 0 Å². The van der Waals surface area contributed by atoms with E-state index in [1.54, 1.807) is 18.0 Å². The second kappa shape index (κ2) is 3.62. The second-order valence-corrected chi connectivity index (χ2v) is 2.59. The molecule has 1 rings (SSSR count). The first kappa shape index (κ1) is 6.75. The van der Waals surface area contributed by atoms with Gasteiger partial charge in [0.2, 0.25) is 0 Å². The van der Waals surface area contributed by atoms with Crippen molar-refractivity contribution in [1.82, 2.24) is 0 Å². The Bertz CT molecular complexity index is 146. The van der Waals surface area contributed by atoms with Crippen LogP contribution in [0.2, 0.25) is 0 Å². The Kier molecular flexibility index (Phi) is 2.71. The van der Waals surface area contributed by atoms with Crippen LogP contribution in [0, 0.1) is 6.42 Å². The fraction of sp³-hybridized carbons (Fsp3) is 0.286. The van der Waals surface area contributed by atoms with Gasteiger partial charge in [-0.3, -0.25) is 0 Å². The maximum absolute atomic E-state index is 5.07. The van der Waals surface area contributed by atoms with Crippen LogP contribution in [0.1, 0.15) is 5.76 Å². The highest BCUT2D eigenvalue weighted by molar-refractivity contribution is 7.98. The fourth-order valence-electron chi connectivity index (χ4n) is 0.573. The highest BCUT2D eigenvalue weighted by Crippen LogP contribution is 2.06. The van der Waals surface area contributed by atoms with Gasteiger partial charge in [0.15, 0.2) is 0 Å². The third kappa shape index (κ3) is 2.14. The SMILES string of the molecule is CSC[CH]c1ccco1. The maximum atomic E-state index is 5.07. The van der Waals surface area contributed by atoms with E-state index in [0.717, 1.165) is 11.5 Å². The lowest BCUT2D eigenvalue weighted by Gasteiger charge is -1.89. The van der Waals surface area contributed by atoms with Crippen molar-refractivity contribution in [3.63, 3.8) is 0 Å². The van der Waals surface area contributed by atoms with E-state index >= 15 is 0 Å². The Hall–Kier alpha value is -0.370. The van der Waals surface area contributed by atoms with Crippen LogP contribution >= 0.6 is 11.8 Å². The van der Waals surface area contributed by atoms with Crippen molar-refractivity contribution in [1.29, 1.82) is 0 Å². The molecule has 0 atom stereocenters. The molecule has 0 spiro atoms. The quantitative estimate of drug-likeness (QED) is 0.640. The Balaban J connectivity index is 2.30. The minimum atomic E-state index is 0.962. The van der Waals surface area contributed by atoms with Gasteiger partial charge in [0.25, 0.3) is 0 Å². The minimum Gasteiger partial charge on any atom is -0.469 e. The standard InChI is InChI=1S/C7H9OS/c1-9-6-4-7-3-2-5-8-7/h2-5H,6H2,1H3. The van der Waals surface area contributed by atoms with Gasteiger partial charge in [0.05, 0.1) is 6.26 Å². The predicted molar refractivity (Wildman–Crippen MR) is 40.5 cm³/mol. The molecule has 2 heteroatoms. The molecule has 0 aromatic carbocycles. The van der Waals surface area contributed by atoms with Crippen LogP contribution in [-0.4, -0.2) is 12.0 Å². The summed E-state index contributed by atoms with van der Waals surface area (Å²) >= 11 is 1.78. The van der Waals surface area contributed by atoms with Crippen molar-refractivity contribution < 1.29 is 4.42 Å². The second-order valence-electron chi connectivity index (χ2n) is 1.67. The first-order valence-electron chi connectivity index (χ1n) is 2.79. The molecule has 0 amide bonds. The van der Waals surface area contributed by atoms with Crippen LogP contribution in [0.15, 0.2) is 22.8 Å². The largest absolute Gasteiger partial charge is 0.469 e. The molecular formula is C7H9OS. The van der Waals surface area contributed by atoms with Gasteiger partial charge in [-0.1, -0.05) is 0 Å². The topological polar surface area (TPSA) is 13.1 Å². The van der Waals surface area contributed by atoms with Gasteiger partial charge in [0, 0.05) is 12.2 Å². The summed E-state index contributed by atoms with van der Waals surface area (Å²) < 4.78 is 5.07. The molecule has 0 aliphatic heterocycles. The summed E-state index contributed by atoms with van der Waals surface area (Å²) in [5.74, 6) is 1.98. The summed E-state index contributed by atoms with van der Waals surface area (Å²) in [6.45, 7) is 0. The molecule has 0 N–H and O–H groups in total. The lowest BCUT2D eigenvalue weighted by molar-refractivity contribution is 0.541. The zero-order valence-electron chi connectivity index (χ0n) is 5.33. The van der Waals surface area contributed by atoms with Crippen LogP contribution in [0.3, 0.4) is 0 Å². The van der Waals surface area contributed by atoms with Gasteiger partial charge >= 0.3 is 0 Å². The molecule has 0 saturated carbocycles. The van der Waals surface area contributed by atoms with Crippen LogP contribution in [0.5, 0.6) is 0 Å². The molecular weight excluding hydrogens is 132 g/mol. The molecule has 1 heterocycles. The average molecular weight is 141 g/mol. The van der Waals surface area contributed by atoms with Crippen LogP contribution in [0.25, 0.3) is 0 Å². The van der Waals surface area contributed by atoms with Crippen molar-refractivity contribution in [3.05, 3.63) is 30.6 Å². The van der Waals surface area contributed by atoms with E-state index in [2.05, 4.69) is 12.7 Å². The van der Waals surface area contributed by atoms with Gasteiger partial charge in [0.1, 0.15) is 5.76 Å². The van der Waals surface area contributed by atoms with E-state index in [9.17, 15) is 0 Å². The zero-order valence-corrected chi connectivity index (χ0v) is 6.15. The van der Waals surface area contributed by atoms with Crippen LogP contribution in [0.4, 0.5) is 0 Å². The normalized spacial score (nSPS) is 9.89. The number of furan rings is 1. The Morgan fingerprint density at radius 3 is 3.22 bits per heavy atom. The van der Waals surface area contributed by atoms with Crippen molar-refractivity contribution >= 4 is 11.8 Å². The van der Waals surface area contributed by atoms with Crippen LogP contribution < -0.4 is 0 Å². The molecule has 0 aliphatic rings. The summed E-state index contributed by atoms with van der Waals surface area (Å²) in [6.07, 6.45) is 5.82. The fourth-order valence-corrected chi connectivity index (χ4v) is 0.904. The zero-order chi connectivity index (χ0) is 6.53. The smallest absolute Gasteiger partial charge is 0.108 e. The van der Waals surface area contributed by atoms with Gasteiger partial charge in [-0.2, -0.15) is 11.8 Å². The number of rotatable bonds is 3. The van der Waals surface area contributed by atoms with E-state index in [-0.39, 0.29) is 0 Å². The first-order valence-corrected chi connectivity index (χ1v) is 4.18. The Morgan fingerprint density at radius 1 is 1.78 bits per heavy atom. The van der Waals surface area contributed by atoms with E-state index in [1.807, 2.05) is 12.1 Å². The summed E-state index contributed by atoms with van der Waals surface area (Å²) in [5.41, 5.74) is 0. The Labute approximate surface area is 59.4 Å². The molecule has 0 saturated heterocycles. The molecule has 0 unspecified atom stereocenters. The molecule has 1 radical (unpaired) electrons. The van der Waals surface area contributed by atoms with Crippen molar-refractivity contribution in [2.75, 3.05) is 12.0 Å². The summed E-state index contributed by atoms with van der Waals surface area (Å²) in [6, 6.07) is 3.85. The van der Waals surface area contributed by atoms with Crippen molar-refractivity contribution in [3.8, 4) is 0 Å². The molecule has 0 aliphatic carbocycles. The Morgan fingerprint density at radius 2 is 2.67 bits per heavy atom. The number of hydrogen-bond acceptors (Lipinski definition) is 2. The molecule has 49 valence electrons. The van der Waals surface area contributed by atoms with E-state index < -0.39 is 0 Å². The predicted octanol–water partition coefficient (Wildman–Crippen LogP) is 2.19. The van der Waals surface area contributed by atoms with Crippen molar-refractivity contribution in [2.24, 2.45) is 0 Å². The summed E-state index contributed by atoms with van der Waals surface area (Å²) in [7, 11) is 0. The van der Waals surface area contributed by atoms with E-state index in [4.69, 9.17) is 4.42 Å². The highest BCUT2D eigenvalue weighted by Gasteiger charge is 1.92. The third-order valence-electron chi connectivity index (χ3n) is 0.994. The minimum absolute atomic E-state index is 0.962. The summed E-state index contributed by atoms with van der Waals surface area (Å²) in [5, 5.41) is 0. The number of thioether (sulfide) groups is 1. The molecule has 9 heavy (non-hydrogen) atoms. The highest BCUT2D eigenvalue weighted by atomic mass is 32.2. The molecule has 1 nitrogen and oxygen atoms in total. The molecule has 0 bridgehead atoms. The third-order valence-corrected chi connectivity index (χ3v) is 1.49. The summed E-state index contributed by atoms with van der Waals surface area (Å²) in [4.78, 5) is 0. The van der Waals surface area contributed by atoms with Gasteiger partial charge in [-0.25, -0.2) is 0 Å². The monoisotopic (exact) mass is 141 g/mol. The van der Waals surface area contributed by atoms with Gasteiger partial charge in [-0.15, -0.1) is 0 Å². The van der Waals surface area contributed by atoms with E-state index in [0.29, 0.717) is 0 Å². The molecule has 0 fully saturated rings. The average Bonchev–Trinajstić information content (AvgIpc) is 2.34. The van der Waals surface area contributed by atoms with Gasteiger partial charge in [-0.05, 0) is 18.4 Å². The lowest BCUT2D eigenvalue weighted by atomic mass is 10.4. The maximum Gasteiger partial charge on any atom is 0.108 e. The molecule has 1 aromatic rings. The lowest BCUT2D eigenvalue weighted by Crippen LogP contribution is -1.78. The molecule has 1 aromatic heterocycles. The van der Waals surface area contributed by atoms with Crippen LogP contribution in [-0.2, 0) is 0 Å². The van der Waals surface area contributed by atoms with Gasteiger partial charge < -0.3 is 4.42 Å².